The minimum Gasteiger partial charge on any atom is -0.360 e. The van der Waals surface area contributed by atoms with Gasteiger partial charge in [0, 0.05) is 29.5 Å². The lowest BCUT2D eigenvalue weighted by atomic mass is 9.71. The quantitative estimate of drug-likeness (QED) is 0.588. The van der Waals surface area contributed by atoms with Crippen LogP contribution in [-0.4, -0.2) is 26.2 Å². The number of thiol groups is 1. The first-order valence-electron chi connectivity index (χ1n) is 12.8. The van der Waals surface area contributed by atoms with Crippen molar-refractivity contribution in [3.8, 4) is 0 Å². The number of ketones is 1. The van der Waals surface area contributed by atoms with E-state index in [4.69, 9.17) is 0 Å². The number of nitrogens with one attached hydrogen (secondary N) is 1. The summed E-state index contributed by atoms with van der Waals surface area (Å²) in [7, 11) is -2.44. The minimum absolute atomic E-state index is 0.0308. The van der Waals surface area contributed by atoms with Crippen molar-refractivity contribution in [2.75, 3.05) is 5.75 Å². The lowest BCUT2D eigenvalue weighted by Crippen LogP contribution is -2.35. The zero-order chi connectivity index (χ0) is 24.8. The van der Waals surface area contributed by atoms with Gasteiger partial charge in [-0.05, 0) is 76.0 Å². The zero-order valence-corrected chi connectivity index (χ0v) is 21.3. The molecule has 2 unspecified atom stereocenters. The first-order chi connectivity index (χ1) is 17.5. The van der Waals surface area contributed by atoms with E-state index in [0.717, 1.165) is 62.7 Å². The van der Waals surface area contributed by atoms with Crippen LogP contribution in [0.5, 0.6) is 0 Å². The lowest BCUT2D eigenvalue weighted by molar-refractivity contribution is 0.104. The summed E-state index contributed by atoms with van der Waals surface area (Å²) >= 11 is 0. The number of allylic oxidation sites excluding steroid dienone is 6. The van der Waals surface area contributed by atoms with Gasteiger partial charge in [0.2, 0.25) is 0 Å². The molecular formula is C30H30N2O3S. The summed E-state index contributed by atoms with van der Waals surface area (Å²) in [4.78, 5) is 18.2. The molecule has 1 N–H and O–H groups in total. The van der Waals surface area contributed by atoms with Crippen LogP contribution in [0, 0.1) is 11.8 Å². The maximum Gasteiger partial charge on any atom is 0.187 e. The van der Waals surface area contributed by atoms with Crippen molar-refractivity contribution in [1.82, 2.24) is 5.32 Å². The topological polar surface area (TPSA) is 75.6 Å². The molecule has 4 aliphatic carbocycles. The number of nitrogens with zero attached hydrogens (tertiary/aromatic N) is 1. The number of hydrogen-bond donors (Lipinski definition) is 2. The van der Waals surface area contributed by atoms with Gasteiger partial charge in [0.15, 0.2) is 5.78 Å². The molecule has 0 radical (unpaired) electrons. The van der Waals surface area contributed by atoms with Crippen LogP contribution in [0.4, 0.5) is 0 Å². The van der Waals surface area contributed by atoms with Crippen LogP contribution in [0.3, 0.4) is 0 Å². The highest BCUT2D eigenvalue weighted by molar-refractivity contribution is 7.72. The van der Waals surface area contributed by atoms with E-state index >= 15 is 0 Å². The number of aliphatic imine (C=N–C) groups is 1. The number of rotatable bonds is 6. The van der Waals surface area contributed by atoms with E-state index in [0.29, 0.717) is 12.3 Å². The molecule has 1 aromatic carbocycles. The standard InChI is InChI=1S/C30H30N2O3S/c1-18-3-6-20(11-14-36(34)35)22-9-10-24-29-21(15-19-4-5-19)7-8-23(26-17-31-12-2-13-32-26)25(29)16-27(33)30(24)28(18)22/h2-3,6,8-10,12-13,16-19,21,32,36H,4-5,7,11,14-15H2,1H3. The summed E-state index contributed by atoms with van der Waals surface area (Å²) in [5, 5.41) is 5.41. The third-order valence-electron chi connectivity index (χ3n) is 7.92. The highest BCUT2D eigenvalue weighted by atomic mass is 32.2. The SMILES string of the molecule is CC1C=CC(CC[SH](=O)=O)=c2ccc3c(c21)C(=O)C=C1C(C2=CN=CC=CN2)=CCC(CC2CC2)C=31. The molecule has 0 saturated heterocycles. The lowest BCUT2D eigenvalue weighted by Gasteiger charge is -2.33. The molecule has 184 valence electrons. The van der Waals surface area contributed by atoms with Crippen LogP contribution in [0.1, 0.15) is 60.9 Å². The van der Waals surface area contributed by atoms with Crippen LogP contribution >= 0.6 is 0 Å². The third kappa shape index (κ3) is 4.17. The summed E-state index contributed by atoms with van der Waals surface area (Å²) in [6, 6.07) is 4.24. The number of benzene rings is 1. The molecule has 6 rings (SSSR count). The molecule has 1 heterocycles. The predicted octanol–water partition coefficient (Wildman–Crippen LogP) is 3.56. The molecule has 36 heavy (non-hydrogen) atoms. The average Bonchev–Trinajstić information content (AvgIpc) is 3.71. The summed E-state index contributed by atoms with van der Waals surface area (Å²) in [6.45, 7) is 2.12. The first-order valence-corrected chi connectivity index (χ1v) is 14.2. The Hall–Kier alpha value is -3.25. The predicted molar refractivity (Wildman–Crippen MR) is 145 cm³/mol. The van der Waals surface area contributed by atoms with Crippen molar-refractivity contribution in [1.29, 1.82) is 0 Å². The molecule has 1 aromatic rings. The Labute approximate surface area is 213 Å². The molecule has 0 spiro atoms. The molecule has 5 aliphatic rings. The van der Waals surface area contributed by atoms with Crippen molar-refractivity contribution < 1.29 is 13.2 Å². The molecule has 1 aliphatic heterocycles. The van der Waals surface area contributed by atoms with Gasteiger partial charge in [0.25, 0.3) is 0 Å². The Balaban J connectivity index is 1.57. The molecule has 1 fully saturated rings. The van der Waals surface area contributed by atoms with Crippen molar-refractivity contribution in [2.45, 2.75) is 44.9 Å². The van der Waals surface area contributed by atoms with Crippen LogP contribution < -0.4 is 15.8 Å². The second-order valence-corrected chi connectivity index (χ2v) is 11.5. The maximum absolute atomic E-state index is 13.8. The summed E-state index contributed by atoms with van der Waals surface area (Å²) in [5.41, 5.74) is 7.07. The van der Waals surface area contributed by atoms with Crippen LogP contribution in [0.2, 0.25) is 0 Å². The highest BCUT2D eigenvalue weighted by Gasteiger charge is 2.36. The van der Waals surface area contributed by atoms with E-state index in [1.807, 2.05) is 30.6 Å². The fraction of sp³-hybridized carbons (Fsp3) is 0.333. The van der Waals surface area contributed by atoms with Crippen molar-refractivity contribution >= 4 is 33.8 Å². The van der Waals surface area contributed by atoms with E-state index < -0.39 is 10.7 Å². The van der Waals surface area contributed by atoms with Crippen molar-refractivity contribution in [2.24, 2.45) is 16.8 Å². The van der Waals surface area contributed by atoms with E-state index in [9.17, 15) is 13.2 Å². The van der Waals surface area contributed by atoms with Crippen LogP contribution in [0.15, 0.2) is 76.7 Å². The molecule has 0 amide bonds. The molecule has 0 bridgehead atoms. The molecule has 1 saturated carbocycles. The van der Waals surface area contributed by atoms with Crippen LogP contribution in [-0.2, 0) is 10.7 Å². The Kier molecular flexibility index (Phi) is 6.00. The van der Waals surface area contributed by atoms with E-state index in [-0.39, 0.29) is 17.5 Å². The fourth-order valence-corrected chi connectivity index (χ4v) is 6.50. The number of hydrogen-bond acceptors (Lipinski definition) is 5. The smallest absolute Gasteiger partial charge is 0.187 e. The minimum atomic E-state index is -2.44. The summed E-state index contributed by atoms with van der Waals surface area (Å²) in [5.74, 6) is 1.39. The zero-order valence-electron chi connectivity index (χ0n) is 20.4. The Morgan fingerprint density at radius 3 is 2.78 bits per heavy atom. The average molecular weight is 499 g/mol. The summed E-state index contributed by atoms with van der Waals surface area (Å²) < 4.78 is 22.6. The molecule has 2 atom stereocenters. The van der Waals surface area contributed by atoms with E-state index in [1.54, 1.807) is 6.21 Å². The van der Waals surface area contributed by atoms with Gasteiger partial charge in [-0.25, -0.2) is 8.42 Å². The normalized spacial score (nSPS) is 24.4. The van der Waals surface area contributed by atoms with Gasteiger partial charge >= 0.3 is 0 Å². The fourth-order valence-electron chi connectivity index (χ4n) is 6.07. The van der Waals surface area contributed by atoms with Gasteiger partial charge in [0.1, 0.15) is 10.7 Å². The van der Waals surface area contributed by atoms with Gasteiger partial charge in [-0.3, -0.25) is 9.79 Å². The van der Waals surface area contributed by atoms with E-state index in [2.05, 4.69) is 41.5 Å². The largest absolute Gasteiger partial charge is 0.360 e. The number of carbonyl (C=O) groups is 1. The molecule has 6 heteroatoms. The number of fused-ring (bicyclic) bond motifs is 4. The van der Waals surface area contributed by atoms with Crippen molar-refractivity contribution in [3.63, 3.8) is 0 Å². The monoisotopic (exact) mass is 498 g/mol. The van der Waals surface area contributed by atoms with Gasteiger partial charge in [-0.2, -0.15) is 0 Å². The molecular weight excluding hydrogens is 468 g/mol. The Morgan fingerprint density at radius 1 is 1.14 bits per heavy atom. The van der Waals surface area contributed by atoms with Gasteiger partial charge < -0.3 is 5.32 Å². The molecule has 0 aromatic heterocycles. The van der Waals surface area contributed by atoms with Crippen molar-refractivity contribution in [3.05, 3.63) is 93.3 Å². The van der Waals surface area contributed by atoms with Gasteiger partial charge in [-0.1, -0.05) is 50.1 Å². The molecule has 5 nitrogen and oxygen atoms in total. The Bertz CT molecular complexity index is 1540. The highest BCUT2D eigenvalue weighted by Crippen LogP contribution is 2.46. The number of carbonyl (C=O) groups excluding carboxylic acids is 1. The van der Waals surface area contributed by atoms with Crippen LogP contribution in [0.25, 0.3) is 11.1 Å². The second-order valence-electron chi connectivity index (χ2n) is 10.3. The Morgan fingerprint density at radius 2 is 1.97 bits per heavy atom. The third-order valence-corrected chi connectivity index (χ3v) is 8.51. The van der Waals surface area contributed by atoms with Gasteiger partial charge in [0.05, 0.1) is 17.6 Å². The summed E-state index contributed by atoms with van der Waals surface area (Å²) in [6.07, 6.45) is 20.7. The maximum atomic E-state index is 13.8. The van der Waals surface area contributed by atoms with Gasteiger partial charge in [-0.15, -0.1) is 0 Å². The van der Waals surface area contributed by atoms with E-state index in [1.165, 1.54) is 18.4 Å². The second kappa shape index (κ2) is 9.32. The first kappa shape index (κ1) is 23.2.